The SMILES string of the molecule is COc1ccc(N2CCN(CC(=O)NCCn3c(C)cc4ccccc43)C2=O)cc1. The van der Waals surface area contributed by atoms with E-state index in [1.807, 2.05) is 36.4 Å². The molecule has 156 valence electrons. The summed E-state index contributed by atoms with van der Waals surface area (Å²) in [5.74, 6) is 0.599. The smallest absolute Gasteiger partial charge is 0.325 e. The number of benzene rings is 2. The molecule has 2 heterocycles. The lowest BCUT2D eigenvalue weighted by molar-refractivity contribution is -0.121. The van der Waals surface area contributed by atoms with Crippen molar-refractivity contribution in [2.45, 2.75) is 13.5 Å². The van der Waals surface area contributed by atoms with E-state index in [1.165, 1.54) is 5.39 Å². The van der Waals surface area contributed by atoms with Crippen molar-refractivity contribution in [2.24, 2.45) is 0 Å². The Morgan fingerprint density at radius 3 is 2.63 bits per heavy atom. The van der Waals surface area contributed by atoms with Crippen molar-refractivity contribution < 1.29 is 14.3 Å². The molecule has 2 aromatic carbocycles. The highest BCUT2D eigenvalue weighted by Crippen LogP contribution is 2.23. The Hall–Kier alpha value is -3.48. The molecule has 3 amide bonds. The predicted octanol–water partition coefficient (Wildman–Crippen LogP) is 3.02. The van der Waals surface area contributed by atoms with Crippen molar-refractivity contribution in [3.05, 3.63) is 60.3 Å². The molecule has 30 heavy (non-hydrogen) atoms. The highest BCUT2D eigenvalue weighted by Gasteiger charge is 2.30. The minimum Gasteiger partial charge on any atom is -0.497 e. The van der Waals surface area contributed by atoms with Crippen LogP contribution in [0.15, 0.2) is 54.6 Å². The highest BCUT2D eigenvalue weighted by atomic mass is 16.5. The van der Waals surface area contributed by atoms with Crippen LogP contribution in [0.5, 0.6) is 5.75 Å². The molecule has 4 rings (SSSR count). The zero-order valence-electron chi connectivity index (χ0n) is 17.3. The number of amides is 3. The number of aryl methyl sites for hydroxylation is 1. The first-order valence-electron chi connectivity index (χ1n) is 10.1. The lowest BCUT2D eigenvalue weighted by Crippen LogP contribution is -2.40. The van der Waals surface area contributed by atoms with Gasteiger partial charge in [-0.05, 0) is 48.7 Å². The molecule has 3 aromatic rings. The summed E-state index contributed by atoms with van der Waals surface area (Å²) < 4.78 is 7.36. The van der Waals surface area contributed by atoms with Crippen LogP contribution in [0.25, 0.3) is 10.9 Å². The fourth-order valence-corrected chi connectivity index (χ4v) is 3.91. The standard InChI is InChI=1S/C23H26N4O3/c1-17-15-18-5-3-4-6-21(18)26(17)12-11-24-22(28)16-25-13-14-27(23(25)29)19-7-9-20(30-2)10-8-19/h3-10,15H,11-14,16H2,1-2H3,(H,24,28). The van der Waals surface area contributed by atoms with Crippen molar-refractivity contribution in [1.29, 1.82) is 0 Å². The largest absolute Gasteiger partial charge is 0.497 e. The van der Waals surface area contributed by atoms with Gasteiger partial charge in [-0.15, -0.1) is 0 Å². The summed E-state index contributed by atoms with van der Waals surface area (Å²) in [5, 5.41) is 4.14. The second-order valence-corrected chi connectivity index (χ2v) is 7.40. The van der Waals surface area contributed by atoms with Crippen molar-refractivity contribution >= 4 is 28.5 Å². The summed E-state index contributed by atoms with van der Waals surface area (Å²) in [7, 11) is 1.61. The van der Waals surface area contributed by atoms with Crippen LogP contribution in [0.1, 0.15) is 5.69 Å². The normalized spacial score (nSPS) is 13.9. The molecule has 0 spiro atoms. The molecule has 7 heteroatoms. The molecular formula is C23H26N4O3. The lowest BCUT2D eigenvalue weighted by Gasteiger charge is -2.19. The number of hydrogen-bond donors (Lipinski definition) is 1. The maximum atomic E-state index is 12.7. The summed E-state index contributed by atoms with van der Waals surface area (Å²) in [5.41, 5.74) is 3.13. The first-order valence-corrected chi connectivity index (χ1v) is 10.1. The Bertz CT molecular complexity index is 1060. The molecule has 1 fully saturated rings. The molecule has 0 saturated carbocycles. The number of rotatable bonds is 7. The molecule has 1 saturated heterocycles. The molecule has 0 radical (unpaired) electrons. The van der Waals surface area contributed by atoms with E-state index in [4.69, 9.17) is 4.74 Å². The number of ether oxygens (including phenoxy) is 1. The Labute approximate surface area is 175 Å². The van der Waals surface area contributed by atoms with E-state index in [-0.39, 0.29) is 18.5 Å². The summed E-state index contributed by atoms with van der Waals surface area (Å²) in [4.78, 5) is 28.3. The number of nitrogens with one attached hydrogen (secondary N) is 1. The fourth-order valence-electron chi connectivity index (χ4n) is 3.91. The zero-order valence-corrected chi connectivity index (χ0v) is 17.3. The number of hydrogen-bond acceptors (Lipinski definition) is 3. The number of urea groups is 1. The molecule has 0 unspecified atom stereocenters. The summed E-state index contributed by atoms with van der Waals surface area (Å²) in [6, 6.07) is 17.6. The van der Waals surface area contributed by atoms with Gasteiger partial charge in [-0.3, -0.25) is 9.69 Å². The van der Waals surface area contributed by atoms with Gasteiger partial charge in [-0.2, -0.15) is 0 Å². The number of nitrogens with zero attached hydrogens (tertiary/aromatic N) is 3. The van der Waals surface area contributed by atoms with Crippen LogP contribution in [-0.2, 0) is 11.3 Å². The summed E-state index contributed by atoms with van der Waals surface area (Å²) in [6.45, 7) is 4.43. The van der Waals surface area contributed by atoms with Gasteiger partial charge in [0.05, 0.1) is 7.11 Å². The molecule has 7 nitrogen and oxygen atoms in total. The number of para-hydroxylation sites is 1. The number of carbonyl (C=O) groups excluding carboxylic acids is 2. The second-order valence-electron chi connectivity index (χ2n) is 7.40. The minimum absolute atomic E-state index is 0.0664. The number of fused-ring (bicyclic) bond motifs is 1. The van der Waals surface area contributed by atoms with E-state index in [0.717, 1.165) is 22.6 Å². The third kappa shape index (κ3) is 3.96. The average molecular weight is 406 g/mol. The van der Waals surface area contributed by atoms with E-state index in [9.17, 15) is 9.59 Å². The average Bonchev–Trinajstić information content (AvgIpc) is 3.27. The van der Waals surface area contributed by atoms with Gasteiger partial charge >= 0.3 is 6.03 Å². The van der Waals surface area contributed by atoms with E-state index < -0.39 is 0 Å². The van der Waals surface area contributed by atoms with E-state index in [2.05, 4.69) is 35.0 Å². The van der Waals surface area contributed by atoms with Crippen LogP contribution in [-0.4, -0.2) is 54.7 Å². The number of carbonyl (C=O) groups is 2. The topological polar surface area (TPSA) is 66.8 Å². The van der Waals surface area contributed by atoms with Crippen LogP contribution in [0.2, 0.25) is 0 Å². The van der Waals surface area contributed by atoms with Crippen LogP contribution in [0.3, 0.4) is 0 Å². The van der Waals surface area contributed by atoms with Gasteiger partial charge in [0.1, 0.15) is 12.3 Å². The maximum absolute atomic E-state index is 12.7. The van der Waals surface area contributed by atoms with Crippen LogP contribution in [0, 0.1) is 6.92 Å². The van der Waals surface area contributed by atoms with Gasteiger partial charge in [-0.25, -0.2) is 4.79 Å². The fraction of sp³-hybridized carbons (Fsp3) is 0.304. The summed E-state index contributed by atoms with van der Waals surface area (Å²) in [6.07, 6.45) is 0. The second kappa shape index (κ2) is 8.49. The first kappa shape index (κ1) is 19.8. The Morgan fingerprint density at radius 1 is 1.10 bits per heavy atom. The maximum Gasteiger partial charge on any atom is 0.325 e. The number of anilines is 1. The van der Waals surface area contributed by atoms with Gasteiger partial charge in [0, 0.05) is 43.1 Å². The molecule has 1 aliphatic rings. The van der Waals surface area contributed by atoms with E-state index >= 15 is 0 Å². The minimum atomic E-state index is -0.150. The zero-order chi connectivity index (χ0) is 21.1. The van der Waals surface area contributed by atoms with Crippen LogP contribution < -0.4 is 15.0 Å². The Balaban J connectivity index is 1.30. The van der Waals surface area contributed by atoms with Crippen molar-refractivity contribution in [3.8, 4) is 5.75 Å². The van der Waals surface area contributed by atoms with Gasteiger partial charge in [0.15, 0.2) is 0 Å². The molecule has 0 bridgehead atoms. The van der Waals surface area contributed by atoms with Crippen molar-refractivity contribution in [2.75, 3.05) is 38.2 Å². The van der Waals surface area contributed by atoms with Crippen molar-refractivity contribution in [3.63, 3.8) is 0 Å². The Kier molecular flexibility index (Phi) is 5.61. The number of aromatic nitrogens is 1. The molecule has 1 aromatic heterocycles. The Morgan fingerprint density at radius 2 is 1.87 bits per heavy atom. The van der Waals surface area contributed by atoms with Crippen LogP contribution >= 0.6 is 0 Å². The molecule has 0 aliphatic carbocycles. The van der Waals surface area contributed by atoms with Gasteiger partial charge < -0.3 is 19.5 Å². The molecule has 0 atom stereocenters. The van der Waals surface area contributed by atoms with E-state index in [0.29, 0.717) is 26.2 Å². The van der Waals surface area contributed by atoms with E-state index in [1.54, 1.807) is 16.9 Å². The third-order valence-electron chi connectivity index (χ3n) is 5.49. The lowest BCUT2D eigenvalue weighted by atomic mass is 10.2. The van der Waals surface area contributed by atoms with Gasteiger partial charge in [0.25, 0.3) is 0 Å². The summed E-state index contributed by atoms with van der Waals surface area (Å²) >= 11 is 0. The first-order chi connectivity index (χ1) is 14.6. The van der Waals surface area contributed by atoms with Crippen LogP contribution in [0.4, 0.5) is 10.5 Å². The van der Waals surface area contributed by atoms with Gasteiger partial charge in [0.2, 0.25) is 5.91 Å². The third-order valence-corrected chi connectivity index (χ3v) is 5.49. The van der Waals surface area contributed by atoms with Crippen molar-refractivity contribution in [1.82, 2.24) is 14.8 Å². The molecular weight excluding hydrogens is 380 g/mol. The monoisotopic (exact) mass is 406 g/mol. The highest BCUT2D eigenvalue weighted by molar-refractivity contribution is 5.96. The quantitative estimate of drug-likeness (QED) is 0.656. The number of methoxy groups -OCH3 is 1. The molecule has 1 N–H and O–H groups in total. The predicted molar refractivity (Wildman–Crippen MR) is 117 cm³/mol. The van der Waals surface area contributed by atoms with Gasteiger partial charge in [-0.1, -0.05) is 18.2 Å². The molecule has 1 aliphatic heterocycles.